The number of ether oxygens (including phenoxy) is 1. The van der Waals surface area contributed by atoms with E-state index in [1.165, 1.54) is 15.3 Å². The van der Waals surface area contributed by atoms with Gasteiger partial charge in [0.25, 0.3) is 0 Å². The molecule has 8 nitrogen and oxygen atoms in total. The van der Waals surface area contributed by atoms with Gasteiger partial charge in [-0.3, -0.25) is 13.9 Å². The van der Waals surface area contributed by atoms with Crippen LogP contribution in [0, 0.1) is 11.7 Å². The van der Waals surface area contributed by atoms with Crippen LogP contribution in [0.1, 0.15) is 46.1 Å². The summed E-state index contributed by atoms with van der Waals surface area (Å²) in [4.78, 5) is 27.4. The lowest BCUT2D eigenvalue weighted by Gasteiger charge is -2.29. The molecule has 2 amide bonds. The quantitative estimate of drug-likeness (QED) is 0.395. The van der Waals surface area contributed by atoms with Crippen molar-refractivity contribution in [1.82, 2.24) is 10.2 Å². The summed E-state index contributed by atoms with van der Waals surface area (Å²) >= 11 is 0. The van der Waals surface area contributed by atoms with Crippen LogP contribution in [-0.4, -0.2) is 57.1 Å². The summed E-state index contributed by atoms with van der Waals surface area (Å²) in [6.07, 6.45) is 1.31. The molecule has 0 saturated carbocycles. The van der Waals surface area contributed by atoms with Gasteiger partial charge in [0, 0.05) is 31.6 Å². The van der Waals surface area contributed by atoms with E-state index in [1.807, 2.05) is 20.8 Å². The number of halogens is 1. The Morgan fingerprint density at radius 1 is 1.05 bits per heavy atom. The van der Waals surface area contributed by atoms with Crippen molar-refractivity contribution in [1.29, 1.82) is 0 Å². The van der Waals surface area contributed by atoms with Gasteiger partial charge >= 0.3 is 0 Å². The number of rotatable bonds is 14. The molecule has 37 heavy (non-hydrogen) atoms. The first kappa shape index (κ1) is 30.1. The number of sulfonamides is 1. The van der Waals surface area contributed by atoms with Gasteiger partial charge in [-0.15, -0.1) is 0 Å². The van der Waals surface area contributed by atoms with Gasteiger partial charge in [0.05, 0.1) is 18.6 Å². The molecule has 0 spiro atoms. The molecule has 0 saturated heterocycles. The van der Waals surface area contributed by atoms with E-state index in [2.05, 4.69) is 5.32 Å². The molecular weight excluding hydrogens is 497 g/mol. The standard InChI is InChI=1S/C27H38FN3O5S/c1-6-36-24-15-13-23(14-16-24)31(37(5,34)35)17-9-12-26(32)30(19-22-10-7-8-11-25(22)28)21(4)27(33)29-18-20(2)3/h7-8,10-11,13-16,20-21H,6,9,12,17-19H2,1-5H3,(H,29,33). The van der Waals surface area contributed by atoms with Gasteiger partial charge in [-0.2, -0.15) is 0 Å². The van der Waals surface area contributed by atoms with E-state index in [0.29, 0.717) is 30.2 Å². The molecule has 1 atom stereocenters. The van der Waals surface area contributed by atoms with Crippen molar-refractivity contribution in [3.8, 4) is 5.75 Å². The summed E-state index contributed by atoms with van der Waals surface area (Å²) in [5.41, 5.74) is 0.759. The van der Waals surface area contributed by atoms with Crippen LogP contribution >= 0.6 is 0 Å². The number of carbonyl (C=O) groups excluding carboxylic acids is 2. The van der Waals surface area contributed by atoms with E-state index < -0.39 is 21.9 Å². The van der Waals surface area contributed by atoms with Gasteiger partial charge in [-0.05, 0) is 56.5 Å². The lowest BCUT2D eigenvalue weighted by molar-refractivity contribution is -0.140. The van der Waals surface area contributed by atoms with Gasteiger partial charge in [0.1, 0.15) is 17.6 Å². The Bertz CT molecular complexity index is 1140. The number of hydrogen-bond donors (Lipinski definition) is 1. The van der Waals surface area contributed by atoms with Crippen LogP contribution in [0.25, 0.3) is 0 Å². The molecule has 2 aromatic carbocycles. The predicted octanol–water partition coefficient (Wildman–Crippen LogP) is 3.96. The number of amides is 2. The van der Waals surface area contributed by atoms with Crippen molar-refractivity contribution in [3.05, 3.63) is 59.9 Å². The van der Waals surface area contributed by atoms with Crippen molar-refractivity contribution in [2.45, 2.75) is 53.1 Å². The van der Waals surface area contributed by atoms with Crippen LogP contribution in [0.2, 0.25) is 0 Å². The van der Waals surface area contributed by atoms with Crippen LogP contribution in [0.5, 0.6) is 5.75 Å². The predicted molar refractivity (Wildman–Crippen MR) is 143 cm³/mol. The monoisotopic (exact) mass is 535 g/mol. The molecule has 0 aliphatic heterocycles. The molecule has 0 aliphatic rings. The van der Waals surface area contributed by atoms with Crippen molar-refractivity contribution < 1.29 is 27.1 Å². The summed E-state index contributed by atoms with van der Waals surface area (Å²) in [5, 5.41) is 2.82. The van der Waals surface area contributed by atoms with Crippen molar-refractivity contribution in [2.75, 3.05) is 30.3 Å². The second-order valence-corrected chi connectivity index (χ2v) is 11.2. The average molecular weight is 536 g/mol. The minimum absolute atomic E-state index is 0.0146. The van der Waals surface area contributed by atoms with E-state index in [0.717, 1.165) is 6.26 Å². The lowest BCUT2D eigenvalue weighted by Crippen LogP contribution is -2.48. The Morgan fingerprint density at radius 3 is 2.27 bits per heavy atom. The number of carbonyl (C=O) groups is 2. The van der Waals surface area contributed by atoms with Gasteiger partial charge in [0.15, 0.2) is 0 Å². The molecule has 0 heterocycles. The highest BCUT2D eigenvalue weighted by Gasteiger charge is 2.27. The van der Waals surface area contributed by atoms with Crippen LogP contribution in [-0.2, 0) is 26.2 Å². The third kappa shape index (κ3) is 9.35. The second kappa shape index (κ2) is 14.0. The Balaban J connectivity index is 2.16. The third-order valence-electron chi connectivity index (χ3n) is 5.74. The second-order valence-electron chi connectivity index (χ2n) is 9.29. The minimum Gasteiger partial charge on any atom is -0.494 e. The molecule has 2 rings (SSSR count). The Labute approximate surface area is 219 Å². The van der Waals surface area contributed by atoms with Gasteiger partial charge in [-0.25, -0.2) is 12.8 Å². The molecule has 0 bridgehead atoms. The number of nitrogens with one attached hydrogen (secondary N) is 1. The first-order valence-corrected chi connectivity index (χ1v) is 14.3. The molecule has 0 radical (unpaired) electrons. The van der Waals surface area contributed by atoms with Crippen molar-refractivity contribution in [2.24, 2.45) is 5.92 Å². The van der Waals surface area contributed by atoms with Gasteiger partial charge in [0.2, 0.25) is 21.8 Å². The summed E-state index contributed by atoms with van der Waals surface area (Å²) in [6, 6.07) is 12.0. The maximum absolute atomic E-state index is 14.4. The highest BCUT2D eigenvalue weighted by molar-refractivity contribution is 7.92. The molecular formula is C27H38FN3O5S. The fraction of sp³-hybridized carbons (Fsp3) is 0.481. The van der Waals surface area contributed by atoms with E-state index >= 15 is 0 Å². The number of anilines is 1. The molecule has 1 unspecified atom stereocenters. The summed E-state index contributed by atoms with van der Waals surface area (Å²) < 4.78 is 45.9. The Kier molecular flexibility index (Phi) is 11.4. The number of hydrogen-bond acceptors (Lipinski definition) is 5. The van der Waals surface area contributed by atoms with Crippen LogP contribution < -0.4 is 14.4 Å². The maximum Gasteiger partial charge on any atom is 0.242 e. The molecule has 1 N–H and O–H groups in total. The van der Waals surface area contributed by atoms with Crippen molar-refractivity contribution in [3.63, 3.8) is 0 Å². The van der Waals surface area contributed by atoms with E-state index in [4.69, 9.17) is 4.74 Å². The first-order valence-electron chi connectivity index (χ1n) is 12.4. The number of benzene rings is 2. The molecule has 204 valence electrons. The zero-order valence-corrected chi connectivity index (χ0v) is 23.1. The number of nitrogens with zero attached hydrogens (tertiary/aromatic N) is 2. The Morgan fingerprint density at radius 2 is 1.70 bits per heavy atom. The molecule has 10 heteroatoms. The van der Waals surface area contributed by atoms with E-state index in [-0.39, 0.29) is 43.7 Å². The zero-order chi connectivity index (χ0) is 27.6. The summed E-state index contributed by atoms with van der Waals surface area (Å²) in [6.45, 7) is 8.34. The van der Waals surface area contributed by atoms with Crippen LogP contribution in [0.4, 0.5) is 10.1 Å². The van der Waals surface area contributed by atoms with Crippen LogP contribution in [0.15, 0.2) is 48.5 Å². The molecule has 0 aliphatic carbocycles. The van der Waals surface area contributed by atoms with Crippen molar-refractivity contribution >= 4 is 27.5 Å². The molecule has 0 aromatic heterocycles. The zero-order valence-electron chi connectivity index (χ0n) is 22.2. The van der Waals surface area contributed by atoms with E-state index in [9.17, 15) is 22.4 Å². The smallest absolute Gasteiger partial charge is 0.242 e. The average Bonchev–Trinajstić information content (AvgIpc) is 2.84. The highest BCUT2D eigenvalue weighted by atomic mass is 32.2. The third-order valence-corrected chi connectivity index (χ3v) is 6.93. The SMILES string of the molecule is CCOc1ccc(N(CCCC(=O)N(Cc2ccccc2F)C(C)C(=O)NCC(C)C)S(C)(=O)=O)cc1. The van der Waals surface area contributed by atoms with Gasteiger partial charge in [-0.1, -0.05) is 32.0 Å². The summed E-state index contributed by atoms with van der Waals surface area (Å²) in [5.74, 6) is -0.296. The van der Waals surface area contributed by atoms with E-state index in [1.54, 1.807) is 49.4 Å². The Hall–Kier alpha value is -3.14. The molecule has 0 fully saturated rings. The maximum atomic E-state index is 14.4. The fourth-order valence-corrected chi connectivity index (χ4v) is 4.69. The van der Waals surface area contributed by atoms with Crippen LogP contribution in [0.3, 0.4) is 0 Å². The minimum atomic E-state index is -3.61. The normalized spacial score (nSPS) is 12.2. The molecule has 2 aromatic rings. The first-order chi connectivity index (χ1) is 17.4. The topological polar surface area (TPSA) is 96.0 Å². The lowest BCUT2D eigenvalue weighted by atomic mass is 10.1. The van der Waals surface area contributed by atoms with Gasteiger partial charge < -0.3 is 15.0 Å². The fourth-order valence-electron chi connectivity index (χ4n) is 3.72. The highest BCUT2D eigenvalue weighted by Crippen LogP contribution is 2.23. The largest absolute Gasteiger partial charge is 0.494 e. The summed E-state index contributed by atoms with van der Waals surface area (Å²) in [7, 11) is -3.61.